The molecule has 0 bridgehead atoms. The highest BCUT2D eigenvalue weighted by Crippen LogP contribution is 2.40. The van der Waals surface area contributed by atoms with Crippen molar-refractivity contribution in [2.75, 3.05) is 23.8 Å². The summed E-state index contributed by atoms with van der Waals surface area (Å²) < 4.78 is 5.65. The Hall–Kier alpha value is -4.16. The van der Waals surface area contributed by atoms with Gasteiger partial charge >= 0.3 is 0 Å². The minimum absolute atomic E-state index is 0.0977. The molecule has 0 radical (unpaired) electrons. The van der Waals surface area contributed by atoms with Crippen LogP contribution in [0.4, 0.5) is 10.8 Å². The number of oxime groups is 1. The zero-order valence-electron chi connectivity index (χ0n) is 17.9. The number of fused-ring (bicyclic) bond motifs is 1. The summed E-state index contributed by atoms with van der Waals surface area (Å²) in [5, 5.41) is 17.6. The monoisotopic (exact) mass is 514 g/mol. The van der Waals surface area contributed by atoms with Gasteiger partial charge in [-0.3, -0.25) is 14.5 Å². The van der Waals surface area contributed by atoms with Gasteiger partial charge < -0.3 is 31.5 Å². The van der Waals surface area contributed by atoms with Gasteiger partial charge in [-0.05, 0) is 6.07 Å². The first-order chi connectivity index (χ1) is 16.8. The third kappa shape index (κ3) is 4.88. The molecule has 2 amide bonds. The van der Waals surface area contributed by atoms with Crippen LogP contribution in [0.25, 0.3) is 0 Å². The smallest absolute Gasteiger partial charge is 0.278 e. The molecule has 0 spiro atoms. The Kier molecular flexibility index (Phi) is 6.85. The minimum Gasteiger partial charge on any atom is -0.543 e. The number of pyridine rings is 1. The number of nitrogen functional groups attached to an aromatic ring is 2. The van der Waals surface area contributed by atoms with Crippen LogP contribution in [0.3, 0.4) is 0 Å². The van der Waals surface area contributed by atoms with Gasteiger partial charge in [-0.1, -0.05) is 11.1 Å². The number of nitrogens with one attached hydrogen (secondary N) is 1. The Balaban J connectivity index is 1.53. The maximum Gasteiger partial charge on any atom is 0.278 e. The molecule has 1 fully saturated rings. The number of thioether (sulfide) groups is 1. The van der Waals surface area contributed by atoms with Crippen LogP contribution in [0.1, 0.15) is 5.82 Å². The largest absolute Gasteiger partial charge is 0.543 e. The lowest BCUT2D eigenvalue weighted by atomic mass is 10.0. The molecule has 2 aliphatic heterocycles. The Morgan fingerprint density at radius 3 is 2.91 bits per heavy atom. The number of β-lactam (4-membered cyclic amide) rings is 1. The summed E-state index contributed by atoms with van der Waals surface area (Å²) in [6, 6.07) is 2.41. The molecular formula is C20H18N8O5S2. The standard InChI is InChI=1S/C20H18N8O5S2/c1-2-6-33-25-12(15-24-20(22)35-26-15)16(29)23-13-17(30)28-14(19(31)32)10(9-34-18(13)28)7-27-5-3-4-11(21)8-27/h1,3-5,8,13,18H,6-7,9,21H2,(H3-,22,23,24,26,29,31,32)/t13?,18-/m1/s1. The second kappa shape index (κ2) is 9.99. The molecule has 13 nitrogen and oxygen atoms in total. The van der Waals surface area contributed by atoms with Crippen molar-refractivity contribution in [3.8, 4) is 12.3 Å². The zero-order valence-corrected chi connectivity index (χ0v) is 19.5. The van der Waals surface area contributed by atoms with Crippen LogP contribution in [0.5, 0.6) is 0 Å². The maximum absolute atomic E-state index is 12.9. The Morgan fingerprint density at radius 1 is 1.46 bits per heavy atom. The molecule has 4 heterocycles. The number of anilines is 2. The summed E-state index contributed by atoms with van der Waals surface area (Å²) in [4.78, 5) is 47.7. The van der Waals surface area contributed by atoms with Gasteiger partial charge in [0.25, 0.3) is 11.8 Å². The summed E-state index contributed by atoms with van der Waals surface area (Å²) in [7, 11) is 0. The Morgan fingerprint density at radius 2 is 2.26 bits per heavy atom. The van der Waals surface area contributed by atoms with E-state index < -0.39 is 29.2 Å². The van der Waals surface area contributed by atoms with Crippen LogP contribution in [0.15, 0.2) is 41.0 Å². The van der Waals surface area contributed by atoms with Gasteiger partial charge in [0.15, 0.2) is 30.7 Å². The van der Waals surface area contributed by atoms with Gasteiger partial charge in [0, 0.05) is 28.9 Å². The fourth-order valence-corrected chi connectivity index (χ4v) is 5.28. The summed E-state index contributed by atoms with van der Waals surface area (Å²) >= 11 is 2.15. The number of aromatic nitrogens is 3. The molecule has 0 aromatic carbocycles. The van der Waals surface area contributed by atoms with Gasteiger partial charge in [-0.25, -0.2) is 0 Å². The van der Waals surface area contributed by atoms with E-state index in [1.165, 1.54) is 11.8 Å². The van der Waals surface area contributed by atoms with Crippen LogP contribution in [-0.4, -0.2) is 61.5 Å². The molecular weight excluding hydrogens is 496 g/mol. The van der Waals surface area contributed by atoms with Crippen molar-refractivity contribution in [1.29, 1.82) is 0 Å². The first-order valence-corrected chi connectivity index (χ1v) is 11.8. The van der Waals surface area contributed by atoms with E-state index in [-0.39, 0.29) is 35.5 Å². The maximum atomic E-state index is 12.9. The number of hydrogen-bond acceptors (Lipinski definition) is 12. The fraction of sp³-hybridized carbons (Fsp3) is 0.250. The normalized spacial score (nSPS) is 19.5. The van der Waals surface area contributed by atoms with E-state index in [1.807, 2.05) is 0 Å². The lowest BCUT2D eigenvalue weighted by Crippen LogP contribution is -2.71. The summed E-state index contributed by atoms with van der Waals surface area (Å²) in [6.07, 6.45) is 8.51. The van der Waals surface area contributed by atoms with E-state index in [4.69, 9.17) is 22.7 Å². The topological polar surface area (TPSA) is 193 Å². The molecule has 5 N–H and O–H groups in total. The number of nitrogens with two attached hydrogens (primary N) is 2. The van der Waals surface area contributed by atoms with E-state index in [0.717, 1.165) is 16.4 Å². The van der Waals surface area contributed by atoms with Crippen molar-refractivity contribution in [3.63, 3.8) is 0 Å². The number of rotatable bonds is 8. The van der Waals surface area contributed by atoms with Crippen LogP contribution < -0.4 is 26.5 Å². The molecule has 2 aromatic rings. The van der Waals surface area contributed by atoms with E-state index in [9.17, 15) is 19.5 Å². The summed E-state index contributed by atoms with van der Waals surface area (Å²) in [5.74, 6) is -0.506. The third-order valence-corrected chi connectivity index (χ3v) is 6.84. The van der Waals surface area contributed by atoms with Crippen molar-refractivity contribution in [2.24, 2.45) is 5.16 Å². The number of carbonyl (C=O) groups excluding carboxylic acids is 3. The van der Waals surface area contributed by atoms with Crippen LogP contribution in [-0.2, 0) is 25.8 Å². The molecule has 2 atom stereocenters. The van der Waals surface area contributed by atoms with Gasteiger partial charge in [-0.2, -0.15) is 13.9 Å². The Bertz CT molecular complexity index is 1300. The number of carboxylic acid groups (broad SMARTS) is 1. The number of nitrogens with zero attached hydrogens (tertiary/aromatic N) is 5. The minimum atomic E-state index is -1.49. The quantitative estimate of drug-likeness (QED) is 0.0843. The lowest BCUT2D eigenvalue weighted by Gasteiger charge is -2.50. The van der Waals surface area contributed by atoms with Crippen LogP contribution in [0, 0.1) is 12.3 Å². The number of aliphatic carboxylic acids is 1. The average Bonchev–Trinajstić information content (AvgIpc) is 3.25. The van der Waals surface area contributed by atoms with E-state index in [2.05, 4.69) is 25.8 Å². The van der Waals surface area contributed by atoms with Crippen LogP contribution in [0.2, 0.25) is 0 Å². The molecule has 1 unspecified atom stereocenters. The molecule has 35 heavy (non-hydrogen) atoms. The van der Waals surface area contributed by atoms with Crippen molar-refractivity contribution in [2.45, 2.75) is 18.0 Å². The number of terminal acetylenes is 1. The predicted octanol–water partition coefficient (Wildman–Crippen LogP) is -2.55. The molecule has 2 aromatic heterocycles. The van der Waals surface area contributed by atoms with E-state index in [1.54, 1.807) is 29.1 Å². The molecule has 15 heteroatoms. The number of carbonyl (C=O) groups is 3. The van der Waals surface area contributed by atoms with Gasteiger partial charge in [0.1, 0.15) is 11.4 Å². The predicted molar refractivity (Wildman–Crippen MR) is 124 cm³/mol. The highest BCUT2D eigenvalue weighted by molar-refractivity contribution is 8.00. The van der Waals surface area contributed by atoms with Crippen molar-refractivity contribution < 1.29 is 28.9 Å². The van der Waals surface area contributed by atoms with E-state index >= 15 is 0 Å². The molecule has 180 valence electrons. The number of hydrogen-bond donors (Lipinski definition) is 3. The number of carboxylic acids is 1. The SMILES string of the molecule is C#CCON=C(C(=O)NC1C(=O)N2C(C(=O)[O-])=C(C[n+]3cccc(N)c3)CS[C@H]12)c1nsc(N)n1. The van der Waals surface area contributed by atoms with Gasteiger partial charge in [-0.15, -0.1) is 18.2 Å². The molecule has 2 aliphatic rings. The highest BCUT2D eigenvalue weighted by atomic mass is 32.2. The van der Waals surface area contributed by atoms with Crippen LogP contribution >= 0.6 is 23.3 Å². The molecule has 1 saturated heterocycles. The summed E-state index contributed by atoms with van der Waals surface area (Å²) in [5.41, 5.74) is 11.8. The fourth-order valence-electron chi connectivity index (χ4n) is 3.51. The first kappa shape index (κ1) is 24.0. The number of amides is 2. The van der Waals surface area contributed by atoms with Gasteiger partial charge in [0.2, 0.25) is 11.5 Å². The second-order valence-corrected chi connectivity index (χ2v) is 9.17. The molecule has 0 saturated carbocycles. The molecule has 4 rings (SSSR count). The van der Waals surface area contributed by atoms with Crippen molar-refractivity contribution in [3.05, 3.63) is 41.6 Å². The van der Waals surface area contributed by atoms with Gasteiger partial charge in [0.05, 0.1) is 17.4 Å². The zero-order chi connectivity index (χ0) is 25.1. The first-order valence-electron chi connectivity index (χ1n) is 9.96. The average molecular weight is 515 g/mol. The third-order valence-electron chi connectivity index (χ3n) is 4.95. The lowest BCUT2D eigenvalue weighted by molar-refractivity contribution is -0.688. The highest BCUT2D eigenvalue weighted by Gasteiger charge is 2.53. The summed E-state index contributed by atoms with van der Waals surface area (Å²) in [6.45, 7) is -0.00620. The van der Waals surface area contributed by atoms with E-state index in [0.29, 0.717) is 17.0 Å². The molecule has 0 aliphatic carbocycles. The van der Waals surface area contributed by atoms with Crippen molar-refractivity contribution >= 4 is 57.6 Å². The Labute approximate surface area is 207 Å². The second-order valence-electron chi connectivity index (χ2n) is 7.28. The van der Waals surface area contributed by atoms with Crippen molar-refractivity contribution in [1.82, 2.24) is 19.6 Å².